The normalized spacial score (nSPS) is 27.3. The Hall–Kier alpha value is -3.67. The minimum atomic E-state index is -1.41. The SMILES string of the molecule is CC1(C)C2CCC1(C)C(OC(=O)C1CCCN1C(=O)C(NC(=O)C(Cc1ccc(O)c(N=O)c1)N=O)c1cccs1)C2. The number of phenolic OH excluding ortho intramolecular Hbond substituents is 1. The number of phenols is 1. The molecule has 1 saturated heterocycles. The number of amides is 2. The lowest BCUT2D eigenvalue weighted by molar-refractivity contribution is -0.165. The molecule has 0 spiro atoms. The average Bonchev–Trinajstić information content (AvgIpc) is 3.75. The molecule has 12 heteroatoms. The molecule has 6 unspecified atom stereocenters. The summed E-state index contributed by atoms with van der Waals surface area (Å²) in [6, 6.07) is 4.14. The molecule has 224 valence electrons. The summed E-state index contributed by atoms with van der Waals surface area (Å²) in [4.78, 5) is 65.4. The van der Waals surface area contributed by atoms with Crippen molar-refractivity contribution in [3.05, 3.63) is 56.0 Å². The Bertz CT molecular complexity index is 1380. The second-order valence-corrected chi connectivity index (χ2v) is 13.4. The molecule has 2 N–H and O–H groups in total. The number of nitroso groups, excluding NO2 is 2. The van der Waals surface area contributed by atoms with Crippen molar-refractivity contribution in [1.82, 2.24) is 10.2 Å². The molecule has 11 nitrogen and oxygen atoms in total. The first kappa shape index (κ1) is 29.8. The number of fused-ring (bicyclic) bond motifs is 2. The maximum Gasteiger partial charge on any atom is 0.329 e. The molecule has 2 aliphatic carbocycles. The first-order valence-electron chi connectivity index (χ1n) is 14.3. The van der Waals surface area contributed by atoms with E-state index < -0.39 is 35.9 Å². The van der Waals surface area contributed by atoms with Gasteiger partial charge in [0.1, 0.15) is 29.6 Å². The van der Waals surface area contributed by atoms with Gasteiger partial charge in [-0.15, -0.1) is 21.2 Å². The van der Waals surface area contributed by atoms with Crippen LogP contribution in [-0.4, -0.2) is 52.5 Å². The van der Waals surface area contributed by atoms with Crippen molar-refractivity contribution in [1.29, 1.82) is 0 Å². The van der Waals surface area contributed by atoms with E-state index in [-0.39, 0.29) is 34.8 Å². The van der Waals surface area contributed by atoms with Crippen LogP contribution in [0.15, 0.2) is 46.1 Å². The van der Waals surface area contributed by atoms with E-state index in [1.165, 1.54) is 34.4 Å². The number of hydrogen-bond donors (Lipinski definition) is 2. The number of nitrogens with one attached hydrogen (secondary N) is 1. The molecule has 1 aromatic heterocycles. The number of thiophene rings is 1. The third kappa shape index (κ3) is 5.21. The monoisotopic (exact) mass is 596 g/mol. The Morgan fingerprint density at radius 1 is 1.19 bits per heavy atom. The van der Waals surface area contributed by atoms with Crippen LogP contribution in [0, 0.1) is 26.6 Å². The molecule has 1 aromatic carbocycles. The molecule has 2 amide bonds. The molecule has 1 aliphatic heterocycles. The summed E-state index contributed by atoms with van der Waals surface area (Å²) >= 11 is 1.27. The number of benzene rings is 1. The number of likely N-dealkylation sites (tertiary alicyclic amines) is 1. The summed E-state index contributed by atoms with van der Waals surface area (Å²) in [5, 5.41) is 19.8. The van der Waals surface area contributed by atoms with Gasteiger partial charge in [-0.3, -0.25) is 9.59 Å². The van der Waals surface area contributed by atoms with E-state index in [0.29, 0.717) is 35.7 Å². The second-order valence-electron chi connectivity index (χ2n) is 12.4. The highest BCUT2D eigenvalue weighted by molar-refractivity contribution is 7.10. The van der Waals surface area contributed by atoms with Crippen LogP contribution in [0.3, 0.4) is 0 Å². The Labute approximate surface area is 248 Å². The van der Waals surface area contributed by atoms with Gasteiger partial charge in [0.2, 0.25) is 5.91 Å². The third-order valence-corrected chi connectivity index (χ3v) is 11.1. The summed E-state index contributed by atoms with van der Waals surface area (Å²) in [5.41, 5.74) is 0.136. The second kappa shape index (κ2) is 11.5. The van der Waals surface area contributed by atoms with E-state index >= 15 is 0 Å². The van der Waals surface area contributed by atoms with Crippen LogP contribution in [-0.2, 0) is 25.5 Å². The molecule has 3 aliphatic rings. The number of carbonyl (C=O) groups excluding carboxylic acids is 3. The van der Waals surface area contributed by atoms with E-state index in [1.807, 2.05) is 0 Å². The highest BCUT2D eigenvalue weighted by Gasteiger charge is 2.63. The van der Waals surface area contributed by atoms with E-state index in [1.54, 1.807) is 17.5 Å². The fourth-order valence-electron chi connectivity index (χ4n) is 7.09. The highest BCUT2D eigenvalue weighted by atomic mass is 32.1. The maximum absolute atomic E-state index is 13.9. The van der Waals surface area contributed by atoms with Gasteiger partial charge < -0.3 is 20.1 Å². The molecular formula is C30H36N4O7S. The van der Waals surface area contributed by atoms with Crippen LogP contribution in [0.4, 0.5) is 5.69 Å². The lowest BCUT2D eigenvalue weighted by atomic mass is 9.70. The topological polar surface area (TPSA) is 155 Å². The minimum Gasteiger partial charge on any atom is -0.506 e. The summed E-state index contributed by atoms with van der Waals surface area (Å²) < 4.78 is 6.13. The average molecular weight is 597 g/mol. The molecule has 2 bridgehead atoms. The van der Waals surface area contributed by atoms with Crippen molar-refractivity contribution < 1.29 is 24.2 Å². The molecule has 0 radical (unpaired) electrons. The van der Waals surface area contributed by atoms with Crippen molar-refractivity contribution in [3.8, 4) is 5.75 Å². The first-order valence-corrected chi connectivity index (χ1v) is 15.2. The van der Waals surface area contributed by atoms with Crippen LogP contribution in [0.5, 0.6) is 5.75 Å². The number of ether oxygens (including phenoxy) is 1. The lowest BCUT2D eigenvalue weighted by Crippen LogP contribution is -2.50. The fourth-order valence-corrected chi connectivity index (χ4v) is 7.85. The number of rotatable bonds is 10. The largest absolute Gasteiger partial charge is 0.506 e. The molecule has 2 aromatic rings. The van der Waals surface area contributed by atoms with Crippen LogP contribution in [0.2, 0.25) is 0 Å². The van der Waals surface area contributed by atoms with E-state index in [2.05, 4.69) is 36.4 Å². The van der Waals surface area contributed by atoms with Crippen molar-refractivity contribution in [2.24, 2.45) is 27.1 Å². The molecule has 2 saturated carbocycles. The summed E-state index contributed by atoms with van der Waals surface area (Å²) in [6.07, 6.45) is 3.70. The van der Waals surface area contributed by atoms with E-state index in [4.69, 9.17) is 4.74 Å². The standard InChI is InChI=1S/C30H36N4O7S/c1-29(2)18-10-11-30(29,3)24(16-18)41-28(38)21-6-4-12-34(21)27(37)25(23-7-5-13-42-23)31-26(36)20(33-40)15-17-8-9-22(35)19(14-17)32-39/h5,7-9,13-14,18,20-21,24-25,35H,4,6,10-12,15-16H2,1-3H3,(H,31,36). The lowest BCUT2D eigenvalue weighted by Gasteiger charge is -2.39. The smallest absolute Gasteiger partial charge is 0.329 e. The molecule has 3 fully saturated rings. The molecule has 6 atom stereocenters. The zero-order valence-corrected chi connectivity index (χ0v) is 24.8. The summed E-state index contributed by atoms with van der Waals surface area (Å²) in [6.45, 7) is 7.04. The van der Waals surface area contributed by atoms with Crippen LogP contribution >= 0.6 is 11.3 Å². The molecule has 42 heavy (non-hydrogen) atoms. The van der Waals surface area contributed by atoms with E-state index in [0.717, 1.165) is 19.3 Å². The van der Waals surface area contributed by atoms with Crippen LogP contribution in [0.25, 0.3) is 0 Å². The predicted octanol–water partition coefficient (Wildman–Crippen LogP) is 5.14. The number of aromatic hydroxyl groups is 1. The quantitative estimate of drug-likeness (QED) is 0.284. The fraction of sp³-hybridized carbons (Fsp3) is 0.567. The zero-order chi connectivity index (χ0) is 30.2. The van der Waals surface area contributed by atoms with Gasteiger partial charge in [0.25, 0.3) is 5.91 Å². The van der Waals surface area contributed by atoms with Gasteiger partial charge in [-0.1, -0.05) is 38.1 Å². The van der Waals surface area contributed by atoms with Crippen molar-refractivity contribution >= 4 is 34.8 Å². The number of hydrogen-bond acceptors (Lipinski definition) is 10. The number of nitrogens with zero attached hydrogens (tertiary/aromatic N) is 3. The molecule has 2 heterocycles. The van der Waals surface area contributed by atoms with Gasteiger partial charge in [-0.25, -0.2) is 4.79 Å². The first-order chi connectivity index (χ1) is 20.0. The molecular weight excluding hydrogens is 560 g/mol. The predicted molar refractivity (Wildman–Crippen MR) is 156 cm³/mol. The number of esters is 1. The minimum absolute atomic E-state index is 0.0757. The van der Waals surface area contributed by atoms with Gasteiger partial charge in [0.15, 0.2) is 6.04 Å². The van der Waals surface area contributed by atoms with Crippen LogP contribution < -0.4 is 5.32 Å². The van der Waals surface area contributed by atoms with Crippen LogP contribution in [0.1, 0.15) is 69.4 Å². The molecule has 5 rings (SSSR count). The zero-order valence-electron chi connectivity index (χ0n) is 23.9. The number of carbonyl (C=O) groups is 3. The van der Waals surface area contributed by atoms with Gasteiger partial charge in [0.05, 0.1) is 0 Å². The Morgan fingerprint density at radius 3 is 2.60 bits per heavy atom. The van der Waals surface area contributed by atoms with Gasteiger partial charge in [-0.05, 0) is 77.8 Å². The maximum atomic E-state index is 13.9. The Morgan fingerprint density at radius 2 is 1.98 bits per heavy atom. The summed E-state index contributed by atoms with van der Waals surface area (Å²) in [7, 11) is 0. The third-order valence-electron chi connectivity index (χ3n) is 10.1. The Balaban J connectivity index is 1.30. The van der Waals surface area contributed by atoms with Gasteiger partial charge >= 0.3 is 5.97 Å². The van der Waals surface area contributed by atoms with E-state index in [9.17, 15) is 29.3 Å². The van der Waals surface area contributed by atoms with Gasteiger partial charge in [0, 0.05) is 23.3 Å². The van der Waals surface area contributed by atoms with Crippen molar-refractivity contribution in [3.63, 3.8) is 0 Å². The van der Waals surface area contributed by atoms with Crippen molar-refractivity contribution in [2.75, 3.05) is 6.54 Å². The highest BCUT2D eigenvalue weighted by Crippen LogP contribution is 2.66. The summed E-state index contributed by atoms with van der Waals surface area (Å²) in [5.74, 6) is -1.46. The Kier molecular flexibility index (Phi) is 8.19. The van der Waals surface area contributed by atoms with Gasteiger partial charge in [-0.2, -0.15) is 0 Å². The van der Waals surface area contributed by atoms with Crippen molar-refractivity contribution in [2.45, 2.75) is 83.5 Å².